The Kier molecular flexibility index (Phi) is 3.84. The van der Waals surface area contributed by atoms with Crippen molar-refractivity contribution in [3.8, 4) is 0 Å². The molecule has 2 rings (SSSR count). The van der Waals surface area contributed by atoms with Crippen LogP contribution in [0.25, 0.3) is 0 Å². The number of carbonyl (C=O) groups excluding carboxylic acids is 1. The Morgan fingerprint density at radius 1 is 1.22 bits per heavy atom. The lowest BCUT2D eigenvalue weighted by molar-refractivity contribution is 0.156. The Balaban J connectivity index is 1.97. The fourth-order valence-electron chi connectivity index (χ4n) is 2.56. The van der Waals surface area contributed by atoms with E-state index in [1.54, 1.807) is 12.1 Å². The first-order valence-electron chi connectivity index (χ1n) is 6.36. The molecule has 1 aromatic rings. The lowest BCUT2D eigenvalue weighted by Gasteiger charge is -2.34. The highest BCUT2D eigenvalue weighted by Gasteiger charge is 2.25. The van der Waals surface area contributed by atoms with Gasteiger partial charge in [0.25, 0.3) is 0 Å². The number of nitrogens with zero attached hydrogens (tertiary/aromatic N) is 1. The molecule has 18 heavy (non-hydrogen) atoms. The van der Waals surface area contributed by atoms with Crippen molar-refractivity contribution in [2.45, 2.75) is 20.3 Å². The monoisotopic (exact) mass is 250 g/mol. The van der Waals surface area contributed by atoms with Gasteiger partial charge in [0.05, 0.1) is 0 Å². The number of hydrogen-bond acceptors (Lipinski definition) is 1. The van der Waals surface area contributed by atoms with Crippen molar-refractivity contribution >= 4 is 11.7 Å². The van der Waals surface area contributed by atoms with Gasteiger partial charge in [-0.15, -0.1) is 0 Å². The maximum absolute atomic E-state index is 12.8. The molecular weight excluding hydrogens is 231 g/mol. The zero-order chi connectivity index (χ0) is 13.1. The summed E-state index contributed by atoms with van der Waals surface area (Å²) < 4.78 is 12.8. The zero-order valence-corrected chi connectivity index (χ0v) is 10.8. The van der Waals surface area contributed by atoms with Gasteiger partial charge in [0.2, 0.25) is 0 Å². The third-order valence-electron chi connectivity index (χ3n) is 3.25. The highest BCUT2D eigenvalue weighted by Crippen LogP contribution is 2.21. The van der Waals surface area contributed by atoms with Crippen molar-refractivity contribution in [2.24, 2.45) is 11.8 Å². The molecule has 0 radical (unpaired) electrons. The minimum Gasteiger partial charge on any atom is -0.324 e. The van der Waals surface area contributed by atoms with Gasteiger partial charge in [-0.1, -0.05) is 13.8 Å². The van der Waals surface area contributed by atoms with E-state index < -0.39 is 0 Å². The quantitative estimate of drug-likeness (QED) is 0.814. The Labute approximate surface area is 107 Å². The third kappa shape index (κ3) is 3.22. The van der Waals surface area contributed by atoms with Gasteiger partial charge in [0.1, 0.15) is 5.82 Å². The molecule has 1 saturated heterocycles. The van der Waals surface area contributed by atoms with Crippen molar-refractivity contribution in [2.75, 3.05) is 18.4 Å². The number of hydrogen-bond donors (Lipinski definition) is 1. The molecule has 2 unspecified atom stereocenters. The Hall–Kier alpha value is -1.58. The Morgan fingerprint density at radius 3 is 2.33 bits per heavy atom. The molecule has 0 bridgehead atoms. The summed E-state index contributed by atoms with van der Waals surface area (Å²) in [5, 5.41) is 2.80. The second-order valence-electron chi connectivity index (χ2n) is 5.29. The number of likely N-dealkylation sites (tertiary alicyclic amines) is 1. The fourth-order valence-corrected chi connectivity index (χ4v) is 2.56. The minimum absolute atomic E-state index is 0.0972. The number of piperidine rings is 1. The average molecular weight is 250 g/mol. The number of amides is 2. The van der Waals surface area contributed by atoms with Gasteiger partial charge in [-0.2, -0.15) is 0 Å². The van der Waals surface area contributed by atoms with E-state index in [-0.39, 0.29) is 11.8 Å². The van der Waals surface area contributed by atoms with Crippen LogP contribution in [0.5, 0.6) is 0 Å². The number of nitrogens with one attached hydrogen (secondary N) is 1. The molecule has 1 aromatic carbocycles. The zero-order valence-electron chi connectivity index (χ0n) is 10.8. The topological polar surface area (TPSA) is 32.3 Å². The van der Waals surface area contributed by atoms with Gasteiger partial charge in [-0.05, 0) is 42.5 Å². The summed E-state index contributed by atoms with van der Waals surface area (Å²) in [6.07, 6.45) is 1.17. The van der Waals surface area contributed by atoms with Crippen LogP contribution in [0.3, 0.4) is 0 Å². The maximum atomic E-state index is 12.8. The van der Waals surface area contributed by atoms with Crippen LogP contribution in [0.4, 0.5) is 14.9 Å². The summed E-state index contributed by atoms with van der Waals surface area (Å²) in [6, 6.07) is 5.74. The minimum atomic E-state index is -0.298. The van der Waals surface area contributed by atoms with Crippen LogP contribution in [0, 0.1) is 17.7 Å². The van der Waals surface area contributed by atoms with Crippen LogP contribution in [0.15, 0.2) is 24.3 Å². The van der Waals surface area contributed by atoms with E-state index in [4.69, 9.17) is 0 Å². The molecule has 1 heterocycles. The summed E-state index contributed by atoms with van der Waals surface area (Å²) in [4.78, 5) is 13.9. The van der Waals surface area contributed by atoms with E-state index >= 15 is 0 Å². The molecule has 98 valence electrons. The molecule has 2 amide bonds. The van der Waals surface area contributed by atoms with E-state index in [0.29, 0.717) is 17.5 Å². The molecule has 1 N–H and O–H groups in total. The van der Waals surface area contributed by atoms with Crippen LogP contribution in [-0.2, 0) is 0 Å². The Morgan fingerprint density at radius 2 is 1.78 bits per heavy atom. The fraction of sp³-hybridized carbons (Fsp3) is 0.500. The Bertz CT molecular complexity index is 408. The molecule has 0 saturated carbocycles. The second kappa shape index (κ2) is 5.38. The summed E-state index contributed by atoms with van der Waals surface area (Å²) in [5.41, 5.74) is 0.632. The second-order valence-corrected chi connectivity index (χ2v) is 5.29. The SMILES string of the molecule is CC1CC(C)CN(C(=O)Nc2ccc(F)cc2)C1. The molecular formula is C14H19FN2O. The highest BCUT2D eigenvalue weighted by molar-refractivity contribution is 5.89. The number of benzene rings is 1. The average Bonchev–Trinajstić information content (AvgIpc) is 2.31. The van der Waals surface area contributed by atoms with Crippen LogP contribution < -0.4 is 5.32 Å². The van der Waals surface area contributed by atoms with Crippen LogP contribution in [0.2, 0.25) is 0 Å². The summed E-state index contributed by atoms with van der Waals surface area (Å²) in [5.74, 6) is 0.772. The van der Waals surface area contributed by atoms with E-state index in [1.165, 1.54) is 18.6 Å². The molecule has 1 aliphatic rings. The predicted molar refractivity (Wildman–Crippen MR) is 69.9 cm³/mol. The predicted octanol–water partition coefficient (Wildman–Crippen LogP) is 3.34. The van der Waals surface area contributed by atoms with Crippen LogP contribution in [-0.4, -0.2) is 24.0 Å². The van der Waals surface area contributed by atoms with Gasteiger partial charge in [0, 0.05) is 18.8 Å². The van der Waals surface area contributed by atoms with Gasteiger partial charge >= 0.3 is 6.03 Å². The van der Waals surface area contributed by atoms with Gasteiger partial charge in [0.15, 0.2) is 0 Å². The number of rotatable bonds is 1. The van der Waals surface area contributed by atoms with Crippen LogP contribution >= 0.6 is 0 Å². The van der Waals surface area contributed by atoms with Crippen molar-refractivity contribution in [3.05, 3.63) is 30.1 Å². The molecule has 1 aliphatic heterocycles. The van der Waals surface area contributed by atoms with Crippen molar-refractivity contribution in [3.63, 3.8) is 0 Å². The first kappa shape index (κ1) is 12.9. The molecule has 0 aromatic heterocycles. The molecule has 3 nitrogen and oxygen atoms in total. The first-order valence-corrected chi connectivity index (χ1v) is 6.36. The van der Waals surface area contributed by atoms with Gasteiger partial charge in [-0.25, -0.2) is 9.18 Å². The first-order chi connectivity index (χ1) is 8.54. The largest absolute Gasteiger partial charge is 0.324 e. The van der Waals surface area contributed by atoms with Crippen molar-refractivity contribution in [1.29, 1.82) is 0 Å². The van der Waals surface area contributed by atoms with E-state index in [1.807, 2.05) is 4.90 Å². The number of carbonyl (C=O) groups is 1. The highest BCUT2D eigenvalue weighted by atomic mass is 19.1. The molecule has 0 spiro atoms. The lowest BCUT2D eigenvalue weighted by Crippen LogP contribution is -2.44. The molecule has 2 atom stereocenters. The van der Waals surface area contributed by atoms with E-state index in [9.17, 15) is 9.18 Å². The smallest absolute Gasteiger partial charge is 0.321 e. The summed E-state index contributed by atoms with van der Waals surface area (Å²) in [6.45, 7) is 5.90. The number of urea groups is 1. The van der Waals surface area contributed by atoms with Crippen molar-refractivity contribution < 1.29 is 9.18 Å². The van der Waals surface area contributed by atoms with E-state index in [0.717, 1.165) is 13.1 Å². The lowest BCUT2D eigenvalue weighted by atomic mass is 9.92. The number of halogens is 1. The molecule has 0 aliphatic carbocycles. The standard InChI is InChI=1S/C14H19FN2O/c1-10-7-11(2)9-17(8-10)14(18)16-13-5-3-12(15)4-6-13/h3-6,10-11H,7-9H2,1-2H3,(H,16,18). The van der Waals surface area contributed by atoms with E-state index in [2.05, 4.69) is 19.2 Å². The normalized spacial score (nSPS) is 23.8. The van der Waals surface area contributed by atoms with Crippen molar-refractivity contribution in [1.82, 2.24) is 4.90 Å². The summed E-state index contributed by atoms with van der Waals surface area (Å²) >= 11 is 0. The summed E-state index contributed by atoms with van der Waals surface area (Å²) in [7, 11) is 0. The third-order valence-corrected chi connectivity index (χ3v) is 3.25. The van der Waals surface area contributed by atoms with Gasteiger partial charge < -0.3 is 10.2 Å². The molecule has 1 fully saturated rings. The van der Waals surface area contributed by atoms with Crippen LogP contribution in [0.1, 0.15) is 20.3 Å². The number of anilines is 1. The molecule has 4 heteroatoms. The van der Waals surface area contributed by atoms with Gasteiger partial charge in [-0.3, -0.25) is 0 Å². The maximum Gasteiger partial charge on any atom is 0.321 e.